The van der Waals surface area contributed by atoms with E-state index < -0.39 is 18.3 Å². The highest BCUT2D eigenvalue weighted by atomic mass is 19.3. The molecule has 2 rings (SSSR count). The molecule has 6 heteroatoms. The SMILES string of the molecule is O=C(Nc1ccc2ccccc2c1)C(F)(F)C(F)F. The molecule has 0 aliphatic rings. The Morgan fingerprint density at radius 2 is 1.68 bits per heavy atom. The molecule has 0 aliphatic heterocycles. The Bertz CT molecular complexity index is 612. The van der Waals surface area contributed by atoms with Crippen molar-refractivity contribution in [2.24, 2.45) is 0 Å². The molecule has 0 bridgehead atoms. The van der Waals surface area contributed by atoms with Crippen molar-refractivity contribution >= 4 is 22.4 Å². The van der Waals surface area contributed by atoms with Gasteiger partial charge in [-0.3, -0.25) is 4.79 Å². The van der Waals surface area contributed by atoms with Gasteiger partial charge in [-0.05, 0) is 22.9 Å². The van der Waals surface area contributed by atoms with E-state index >= 15 is 0 Å². The Balaban J connectivity index is 2.24. The molecule has 0 atom stereocenters. The van der Waals surface area contributed by atoms with Crippen LogP contribution in [0.15, 0.2) is 42.5 Å². The Kier molecular flexibility index (Phi) is 3.42. The van der Waals surface area contributed by atoms with Crippen molar-refractivity contribution < 1.29 is 22.4 Å². The van der Waals surface area contributed by atoms with Crippen molar-refractivity contribution in [1.29, 1.82) is 0 Å². The maximum Gasteiger partial charge on any atom is 0.383 e. The van der Waals surface area contributed by atoms with Crippen LogP contribution in [0.5, 0.6) is 0 Å². The summed E-state index contributed by atoms with van der Waals surface area (Å²) in [6.45, 7) is 0. The number of fused-ring (bicyclic) bond motifs is 1. The summed E-state index contributed by atoms with van der Waals surface area (Å²) in [6.07, 6.45) is -4.03. The highest BCUT2D eigenvalue weighted by Gasteiger charge is 2.48. The molecule has 1 amide bonds. The Morgan fingerprint density at radius 1 is 1.05 bits per heavy atom. The summed E-state index contributed by atoms with van der Waals surface area (Å²) >= 11 is 0. The second-order valence-corrected chi connectivity index (χ2v) is 3.94. The van der Waals surface area contributed by atoms with E-state index in [0.717, 1.165) is 5.39 Å². The van der Waals surface area contributed by atoms with Crippen molar-refractivity contribution in [3.63, 3.8) is 0 Å². The molecule has 0 heterocycles. The molecule has 0 spiro atoms. The number of benzene rings is 2. The first kappa shape index (κ1) is 13.3. The topological polar surface area (TPSA) is 29.1 Å². The molecule has 100 valence electrons. The van der Waals surface area contributed by atoms with Crippen molar-refractivity contribution in [3.05, 3.63) is 42.5 Å². The third kappa shape index (κ3) is 2.67. The third-order valence-corrected chi connectivity index (χ3v) is 2.58. The molecule has 0 saturated carbocycles. The number of rotatable bonds is 3. The predicted molar refractivity (Wildman–Crippen MR) is 63.5 cm³/mol. The van der Waals surface area contributed by atoms with Gasteiger partial charge in [0, 0.05) is 5.69 Å². The van der Waals surface area contributed by atoms with Crippen LogP contribution < -0.4 is 5.32 Å². The van der Waals surface area contributed by atoms with Gasteiger partial charge in [0.15, 0.2) is 0 Å². The monoisotopic (exact) mass is 271 g/mol. The highest BCUT2D eigenvalue weighted by molar-refractivity contribution is 5.98. The highest BCUT2D eigenvalue weighted by Crippen LogP contribution is 2.26. The molecule has 19 heavy (non-hydrogen) atoms. The summed E-state index contributed by atoms with van der Waals surface area (Å²) in [4.78, 5) is 11.1. The maximum absolute atomic E-state index is 12.8. The van der Waals surface area contributed by atoms with Gasteiger partial charge in [0.2, 0.25) is 0 Å². The van der Waals surface area contributed by atoms with Crippen LogP contribution in [0.2, 0.25) is 0 Å². The van der Waals surface area contributed by atoms with Crippen LogP contribution in [0.3, 0.4) is 0 Å². The molecule has 0 fully saturated rings. The molecule has 2 nitrogen and oxygen atoms in total. The molecule has 1 N–H and O–H groups in total. The van der Waals surface area contributed by atoms with Gasteiger partial charge in [0.25, 0.3) is 0 Å². The lowest BCUT2D eigenvalue weighted by atomic mass is 10.1. The first-order valence-electron chi connectivity index (χ1n) is 5.37. The standard InChI is InChI=1S/C13H9F4NO/c14-11(15)13(16,17)12(19)18-10-6-5-8-3-1-2-4-9(8)7-10/h1-7,11H,(H,18,19). The van der Waals surface area contributed by atoms with Gasteiger partial charge in [-0.15, -0.1) is 0 Å². The lowest BCUT2D eigenvalue weighted by molar-refractivity contribution is -0.163. The van der Waals surface area contributed by atoms with Gasteiger partial charge in [-0.25, -0.2) is 8.78 Å². The first-order chi connectivity index (χ1) is 8.91. The van der Waals surface area contributed by atoms with E-state index in [-0.39, 0.29) is 5.69 Å². The predicted octanol–water partition coefficient (Wildman–Crippen LogP) is 3.68. The molecule has 2 aromatic rings. The number of alkyl halides is 4. The number of halogens is 4. The van der Waals surface area contributed by atoms with Crippen LogP contribution in [0.1, 0.15) is 0 Å². The normalized spacial score (nSPS) is 11.8. The molecule has 0 aromatic heterocycles. The van der Waals surface area contributed by atoms with Crippen LogP contribution in [0.4, 0.5) is 23.2 Å². The fraction of sp³-hybridized carbons (Fsp3) is 0.154. The Hall–Kier alpha value is -2.11. The molecular formula is C13H9F4NO. The van der Waals surface area contributed by atoms with Crippen molar-refractivity contribution in [2.45, 2.75) is 12.3 Å². The second-order valence-electron chi connectivity index (χ2n) is 3.94. The number of carbonyl (C=O) groups excluding carboxylic acids is 1. The largest absolute Gasteiger partial charge is 0.383 e. The Morgan fingerprint density at radius 3 is 2.32 bits per heavy atom. The lowest BCUT2D eigenvalue weighted by Crippen LogP contribution is -2.40. The van der Waals surface area contributed by atoms with Crippen LogP contribution in [-0.4, -0.2) is 18.3 Å². The van der Waals surface area contributed by atoms with Gasteiger partial charge in [-0.1, -0.05) is 30.3 Å². The number of carbonyl (C=O) groups is 1. The number of anilines is 1. The third-order valence-electron chi connectivity index (χ3n) is 2.58. The zero-order valence-electron chi connectivity index (χ0n) is 9.54. The van der Waals surface area contributed by atoms with Crippen LogP contribution >= 0.6 is 0 Å². The van der Waals surface area contributed by atoms with Crippen molar-refractivity contribution in [1.82, 2.24) is 0 Å². The summed E-state index contributed by atoms with van der Waals surface area (Å²) < 4.78 is 49.6. The number of amides is 1. The average molecular weight is 271 g/mol. The van der Waals surface area contributed by atoms with E-state index in [1.807, 2.05) is 0 Å². The molecular weight excluding hydrogens is 262 g/mol. The summed E-state index contributed by atoms with van der Waals surface area (Å²) in [6, 6.07) is 11.5. The van der Waals surface area contributed by atoms with E-state index in [1.54, 1.807) is 35.6 Å². The van der Waals surface area contributed by atoms with E-state index in [2.05, 4.69) is 0 Å². The van der Waals surface area contributed by atoms with Crippen molar-refractivity contribution in [3.8, 4) is 0 Å². The van der Waals surface area contributed by atoms with Crippen LogP contribution in [0, 0.1) is 0 Å². The molecule has 0 aliphatic carbocycles. The zero-order valence-corrected chi connectivity index (χ0v) is 9.54. The minimum absolute atomic E-state index is 0.0454. The molecule has 0 saturated heterocycles. The number of hydrogen-bond donors (Lipinski definition) is 1. The average Bonchev–Trinajstić information content (AvgIpc) is 2.38. The van der Waals surface area contributed by atoms with Crippen LogP contribution in [-0.2, 0) is 4.79 Å². The lowest BCUT2D eigenvalue weighted by Gasteiger charge is -2.15. The van der Waals surface area contributed by atoms with Gasteiger partial charge in [-0.2, -0.15) is 8.78 Å². The zero-order chi connectivity index (χ0) is 14.0. The second kappa shape index (κ2) is 4.87. The number of nitrogens with one attached hydrogen (secondary N) is 1. The minimum atomic E-state index is -4.70. The molecule has 2 aromatic carbocycles. The van der Waals surface area contributed by atoms with E-state index in [1.165, 1.54) is 12.1 Å². The first-order valence-corrected chi connectivity index (χ1v) is 5.37. The summed E-state index contributed by atoms with van der Waals surface area (Å²) in [7, 11) is 0. The van der Waals surface area contributed by atoms with Crippen molar-refractivity contribution in [2.75, 3.05) is 5.32 Å². The van der Waals surface area contributed by atoms with E-state index in [4.69, 9.17) is 0 Å². The Labute approximate surface area is 106 Å². The smallest absolute Gasteiger partial charge is 0.321 e. The number of hydrogen-bond acceptors (Lipinski definition) is 1. The van der Waals surface area contributed by atoms with E-state index in [0.29, 0.717) is 5.39 Å². The molecule has 0 unspecified atom stereocenters. The van der Waals surface area contributed by atoms with E-state index in [9.17, 15) is 22.4 Å². The van der Waals surface area contributed by atoms with Gasteiger partial charge in [0.1, 0.15) is 0 Å². The van der Waals surface area contributed by atoms with Crippen LogP contribution in [0.25, 0.3) is 10.8 Å². The van der Waals surface area contributed by atoms with Gasteiger partial charge in [0.05, 0.1) is 0 Å². The van der Waals surface area contributed by atoms with Gasteiger partial charge >= 0.3 is 18.3 Å². The summed E-state index contributed by atoms with van der Waals surface area (Å²) in [5.41, 5.74) is 0.0454. The molecule has 0 radical (unpaired) electrons. The fourth-order valence-electron chi connectivity index (χ4n) is 1.58. The fourth-order valence-corrected chi connectivity index (χ4v) is 1.58. The minimum Gasteiger partial charge on any atom is -0.321 e. The van der Waals surface area contributed by atoms with Gasteiger partial charge < -0.3 is 5.32 Å². The maximum atomic E-state index is 12.8. The summed E-state index contributed by atoms with van der Waals surface area (Å²) in [5.74, 6) is -6.72. The summed E-state index contributed by atoms with van der Waals surface area (Å²) in [5, 5.41) is 3.34. The quantitative estimate of drug-likeness (QED) is 0.848.